The van der Waals surface area contributed by atoms with E-state index in [1.807, 2.05) is 6.92 Å². The molecule has 0 aliphatic carbocycles. The van der Waals surface area contributed by atoms with Crippen LogP contribution in [0.2, 0.25) is 10.0 Å². The molecule has 0 saturated carbocycles. The molecule has 2 aromatic rings. The first-order valence-electron chi connectivity index (χ1n) is 7.36. The van der Waals surface area contributed by atoms with Gasteiger partial charge in [0.25, 0.3) is 11.8 Å². The third-order valence-electron chi connectivity index (χ3n) is 3.14. The van der Waals surface area contributed by atoms with Gasteiger partial charge in [0.2, 0.25) is 0 Å². The quantitative estimate of drug-likeness (QED) is 0.617. The molecule has 2 N–H and O–H groups in total. The number of ether oxygens (including phenoxy) is 1. The first-order valence-corrected chi connectivity index (χ1v) is 8.11. The number of hydrogen-bond acceptors (Lipinski definition) is 3. The molecule has 0 aliphatic heterocycles. The number of nitrogens with one attached hydrogen (secondary N) is 2. The number of benzene rings is 2. The van der Waals surface area contributed by atoms with Gasteiger partial charge >= 0.3 is 0 Å². The van der Waals surface area contributed by atoms with Crippen molar-refractivity contribution in [3.63, 3.8) is 0 Å². The fourth-order valence-corrected chi connectivity index (χ4v) is 2.33. The summed E-state index contributed by atoms with van der Waals surface area (Å²) < 4.78 is 5.37. The minimum absolute atomic E-state index is 0.239. The summed E-state index contributed by atoms with van der Waals surface area (Å²) in [6, 6.07) is 12.2. The van der Waals surface area contributed by atoms with Crippen LogP contribution in [0.15, 0.2) is 48.5 Å². The average Bonchev–Trinajstić information content (AvgIpc) is 2.58. The Morgan fingerprint density at radius 3 is 2.60 bits per heavy atom. The molecular formula is C18H16Cl2N2O3. The molecule has 2 aromatic carbocycles. The molecule has 0 fully saturated rings. The zero-order valence-corrected chi connectivity index (χ0v) is 14.9. The molecule has 2 rings (SSSR count). The summed E-state index contributed by atoms with van der Waals surface area (Å²) in [6.45, 7) is 1.58. The van der Waals surface area contributed by atoms with Crippen LogP contribution >= 0.6 is 23.2 Å². The van der Waals surface area contributed by atoms with E-state index in [1.54, 1.807) is 48.5 Å². The molecule has 0 radical (unpaired) electrons. The Morgan fingerprint density at radius 1 is 1.12 bits per heavy atom. The van der Waals surface area contributed by atoms with Crippen LogP contribution in [0.4, 0.5) is 0 Å². The maximum atomic E-state index is 11.7. The van der Waals surface area contributed by atoms with Gasteiger partial charge in [-0.15, -0.1) is 0 Å². The van der Waals surface area contributed by atoms with Crippen molar-refractivity contribution >= 4 is 41.1 Å². The lowest BCUT2D eigenvalue weighted by Gasteiger charge is -2.09. The molecule has 0 spiro atoms. The summed E-state index contributed by atoms with van der Waals surface area (Å²) in [5.74, 6) is -0.436. The lowest BCUT2D eigenvalue weighted by Crippen LogP contribution is -2.43. The summed E-state index contributed by atoms with van der Waals surface area (Å²) in [5, 5.41) is 1.12. The van der Waals surface area contributed by atoms with Gasteiger partial charge in [0.05, 0.1) is 0 Å². The largest absolute Gasteiger partial charge is 0.483 e. The number of hydrazine groups is 1. The molecule has 0 aliphatic rings. The highest BCUT2D eigenvalue weighted by Crippen LogP contribution is 2.21. The summed E-state index contributed by atoms with van der Waals surface area (Å²) in [4.78, 5) is 23.4. The van der Waals surface area contributed by atoms with Crippen LogP contribution in [0.5, 0.6) is 5.75 Å². The van der Waals surface area contributed by atoms with E-state index < -0.39 is 11.8 Å². The second-order valence-corrected chi connectivity index (χ2v) is 5.93. The number of hydrogen-bond donors (Lipinski definition) is 2. The standard InChI is InChI=1S/C18H16Cl2N2O3/c1-12-10-14(19)7-8-16(12)25-11-18(24)22-21-17(23)9-6-13-4-2-3-5-15(13)20/h2-10H,11H2,1H3,(H,21,23)(H,22,24). The van der Waals surface area contributed by atoms with E-state index in [1.165, 1.54) is 6.08 Å². The Bertz CT molecular complexity index is 807. The van der Waals surface area contributed by atoms with Crippen molar-refractivity contribution in [3.8, 4) is 5.75 Å². The van der Waals surface area contributed by atoms with Crippen LogP contribution in [0.1, 0.15) is 11.1 Å². The Balaban J connectivity index is 1.77. The Morgan fingerprint density at radius 2 is 1.88 bits per heavy atom. The van der Waals surface area contributed by atoms with E-state index in [0.29, 0.717) is 21.4 Å². The average molecular weight is 379 g/mol. The predicted molar refractivity (Wildman–Crippen MR) is 98.5 cm³/mol. The third kappa shape index (κ3) is 6.14. The monoisotopic (exact) mass is 378 g/mol. The van der Waals surface area contributed by atoms with Gasteiger partial charge < -0.3 is 4.74 Å². The van der Waals surface area contributed by atoms with Crippen molar-refractivity contribution in [2.75, 3.05) is 6.61 Å². The van der Waals surface area contributed by atoms with Crippen molar-refractivity contribution < 1.29 is 14.3 Å². The second-order valence-electron chi connectivity index (χ2n) is 5.09. The van der Waals surface area contributed by atoms with Crippen LogP contribution < -0.4 is 15.6 Å². The molecule has 2 amide bonds. The van der Waals surface area contributed by atoms with Gasteiger partial charge in [-0.2, -0.15) is 0 Å². The number of carbonyl (C=O) groups excluding carboxylic acids is 2. The molecule has 0 saturated heterocycles. The van der Waals surface area contributed by atoms with Crippen LogP contribution in [0.25, 0.3) is 6.08 Å². The fraction of sp³-hybridized carbons (Fsp3) is 0.111. The molecule has 0 unspecified atom stereocenters. The van der Waals surface area contributed by atoms with Gasteiger partial charge in [0.1, 0.15) is 5.75 Å². The highest BCUT2D eigenvalue weighted by Gasteiger charge is 2.06. The molecule has 0 bridgehead atoms. The minimum Gasteiger partial charge on any atom is -0.483 e. The summed E-state index contributed by atoms with van der Waals surface area (Å²) >= 11 is 11.8. The van der Waals surface area contributed by atoms with Crippen molar-refractivity contribution in [1.82, 2.24) is 10.9 Å². The van der Waals surface area contributed by atoms with Gasteiger partial charge in [-0.05, 0) is 48.4 Å². The predicted octanol–water partition coefficient (Wildman–Crippen LogP) is 3.54. The number of halogens is 2. The Hall–Kier alpha value is -2.50. The van der Waals surface area contributed by atoms with Crippen molar-refractivity contribution in [3.05, 3.63) is 69.7 Å². The molecule has 0 aromatic heterocycles. The van der Waals surface area contributed by atoms with Crippen LogP contribution in [0, 0.1) is 6.92 Å². The molecule has 25 heavy (non-hydrogen) atoms. The van der Waals surface area contributed by atoms with E-state index in [4.69, 9.17) is 27.9 Å². The van der Waals surface area contributed by atoms with Gasteiger partial charge in [-0.1, -0.05) is 41.4 Å². The molecular weight excluding hydrogens is 363 g/mol. The van der Waals surface area contributed by atoms with Gasteiger partial charge in [0.15, 0.2) is 6.61 Å². The van der Waals surface area contributed by atoms with Crippen LogP contribution in [0.3, 0.4) is 0 Å². The second kappa shape index (κ2) is 9.11. The molecule has 0 heterocycles. The van der Waals surface area contributed by atoms with Crippen molar-refractivity contribution in [1.29, 1.82) is 0 Å². The third-order valence-corrected chi connectivity index (χ3v) is 3.72. The highest BCUT2D eigenvalue weighted by atomic mass is 35.5. The lowest BCUT2D eigenvalue weighted by atomic mass is 10.2. The Kier molecular flexibility index (Phi) is 6.86. The molecule has 130 valence electrons. The topological polar surface area (TPSA) is 67.4 Å². The van der Waals surface area contributed by atoms with E-state index in [0.717, 1.165) is 5.56 Å². The van der Waals surface area contributed by atoms with Crippen molar-refractivity contribution in [2.24, 2.45) is 0 Å². The summed E-state index contributed by atoms with van der Waals surface area (Å²) in [5.41, 5.74) is 6.04. The first kappa shape index (κ1) is 18.8. The molecule has 7 heteroatoms. The van der Waals surface area contributed by atoms with E-state index in [9.17, 15) is 9.59 Å². The summed E-state index contributed by atoms with van der Waals surface area (Å²) in [6.07, 6.45) is 2.82. The lowest BCUT2D eigenvalue weighted by molar-refractivity contribution is -0.128. The maximum Gasteiger partial charge on any atom is 0.276 e. The van der Waals surface area contributed by atoms with E-state index in [2.05, 4.69) is 10.9 Å². The van der Waals surface area contributed by atoms with Gasteiger partial charge in [-0.3, -0.25) is 20.4 Å². The van der Waals surface area contributed by atoms with Crippen molar-refractivity contribution in [2.45, 2.75) is 6.92 Å². The maximum absolute atomic E-state index is 11.7. The SMILES string of the molecule is Cc1cc(Cl)ccc1OCC(=O)NNC(=O)C=Cc1ccccc1Cl. The number of carbonyl (C=O) groups is 2. The van der Waals surface area contributed by atoms with Gasteiger partial charge in [0, 0.05) is 16.1 Å². The molecule has 0 atom stereocenters. The normalized spacial score (nSPS) is 10.5. The molecule has 5 nitrogen and oxygen atoms in total. The fourth-order valence-electron chi connectivity index (χ4n) is 1.90. The number of aryl methyl sites for hydroxylation is 1. The highest BCUT2D eigenvalue weighted by molar-refractivity contribution is 6.32. The zero-order valence-electron chi connectivity index (χ0n) is 13.4. The van der Waals surface area contributed by atoms with E-state index >= 15 is 0 Å². The van der Waals surface area contributed by atoms with E-state index in [-0.39, 0.29) is 6.61 Å². The van der Waals surface area contributed by atoms with Crippen LogP contribution in [-0.4, -0.2) is 18.4 Å². The zero-order chi connectivity index (χ0) is 18.2. The number of amides is 2. The van der Waals surface area contributed by atoms with Crippen LogP contribution in [-0.2, 0) is 9.59 Å². The smallest absolute Gasteiger partial charge is 0.276 e. The summed E-state index contributed by atoms with van der Waals surface area (Å²) in [7, 11) is 0. The van der Waals surface area contributed by atoms with Gasteiger partial charge in [-0.25, -0.2) is 0 Å². The Labute approximate surface area is 155 Å². The first-order chi connectivity index (χ1) is 12.0. The number of rotatable bonds is 5. The minimum atomic E-state index is -0.492.